The number of benzene rings is 2. The number of amides is 1. The van der Waals surface area contributed by atoms with Gasteiger partial charge in [-0.15, -0.1) is 0 Å². The van der Waals surface area contributed by atoms with Crippen molar-refractivity contribution in [1.29, 1.82) is 0 Å². The molecule has 0 aliphatic carbocycles. The predicted octanol–water partition coefficient (Wildman–Crippen LogP) is 3.62. The maximum atomic E-state index is 13.1. The van der Waals surface area contributed by atoms with E-state index < -0.39 is 10.0 Å². The zero-order valence-electron chi connectivity index (χ0n) is 18.3. The summed E-state index contributed by atoms with van der Waals surface area (Å²) in [6.45, 7) is 5.47. The minimum absolute atomic E-state index is 0.0419. The van der Waals surface area contributed by atoms with Gasteiger partial charge in [-0.2, -0.15) is 4.31 Å². The third-order valence-electron chi connectivity index (χ3n) is 5.28. The molecular weight excluding hydrogens is 412 g/mol. The van der Waals surface area contributed by atoms with E-state index in [2.05, 4.69) is 19.2 Å². The van der Waals surface area contributed by atoms with Gasteiger partial charge in [0.05, 0.1) is 11.5 Å². The number of carbonyl (C=O) groups is 1. The number of hydrogen-bond acceptors (Lipinski definition) is 4. The smallest absolute Gasteiger partial charge is 0.243 e. The minimum atomic E-state index is -3.61. The fraction of sp³-hybridized carbons (Fsp3) is 0.458. The number of hydrogen-bond donors (Lipinski definition) is 1. The molecule has 1 N–H and O–H groups in total. The molecule has 0 bridgehead atoms. The lowest BCUT2D eigenvalue weighted by molar-refractivity contribution is -0.122. The van der Waals surface area contributed by atoms with Gasteiger partial charge < -0.3 is 10.1 Å². The standard InChI is InChI=1S/C24H32N2O4S/c1-19(2)18-30-22-11-13-23(14-12-22)31(28,29)26-16-6-9-21(17-26)25-24(27)15-10-20-7-4-3-5-8-20/h3-5,7-8,11-14,19,21H,6,9-10,15-18H2,1-2H3,(H,25,27). The molecule has 1 amide bonds. The number of piperidine rings is 1. The van der Waals surface area contributed by atoms with Gasteiger partial charge in [0.2, 0.25) is 15.9 Å². The van der Waals surface area contributed by atoms with Crippen LogP contribution >= 0.6 is 0 Å². The third-order valence-corrected chi connectivity index (χ3v) is 7.16. The van der Waals surface area contributed by atoms with E-state index in [4.69, 9.17) is 4.74 Å². The second-order valence-corrected chi connectivity index (χ2v) is 10.4. The van der Waals surface area contributed by atoms with E-state index in [9.17, 15) is 13.2 Å². The lowest BCUT2D eigenvalue weighted by atomic mass is 10.1. The molecule has 0 aromatic heterocycles. The van der Waals surface area contributed by atoms with E-state index in [1.807, 2.05) is 30.3 Å². The molecule has 3 rings (SSSR count). The summed E-state index contributed by atoms with van der Waals surface area (Å²) in [7, 11) is -3.61. The van der Waals surface area contributed by atoms with Gasteiger partial charge >= 0.3 is 0 Å². The number of nitrogens with one attached hydrogen (secondary N) is 1. The molecule has 31 heavy (non-hydrogen) atoms. The van der Waals surface area contributed by atoms with Crippen molar-refractivity contribution in [2.75, 3.05) is 19.7 Å². The number of ether oxygens (including phenoxy) is 1. The van der Waals surface area contributed by atoms with Crippen LogP contribution in [0, 0.1) is 5.92 Å². The van der Waals surface area contributed by atoms with Crippen molar-refractivity contribution in [3.8, 4) is 5.75 Å². The number of carbonyl (C=O) groups excluding carboxylic acids is 1. The summed E-state index contributed by atoms with van der Waals surface area (Å²) in [6, 6.07) is 16.3. The van der Waals surface area contributed by atoms with Crippen molar-refractivity contribution in [1.82, 2.24) is 9.62 Å². The molecule has 1 aliphatic rings. The highest BCUT2D eigenvalue weighted by molar-refractivity contribution is 7.89. The van der Waals surface area contributed by atoms with Crippen LogP contribution in [0.1, 0.15) is 38.7 Å². The van der Waals surface area contributed by atoms with Crippen molar-refractivity contribution in [3.63, 3.8) is 0 Å². The van der Waals surface area contributed by atoms with Crippen LogP contribution in [0.15, 0.2) is 59.5 Å². The zero-order valence-corrected chi connectivity index (χ0v) is 19.1. The largest absolute Gasteiger partial charge is 0.493 e. The molecule has 7 heteroatoms. The third kappa shape index (κ3) is 6.80. The Bertz CT molecular complexity index is 943. The van der Waals surface area contributed by atoms with E-state index in [0.29, 0.717) is 44.2 Å². The fourth-order valence-electron chi connectivity index (χ4n) is 3.60. The summed E-state index contributed by atoms with van der Waals surface area (Å²) in [6.07, 6.45) is 2.57. The molecule has 1 saturated heterocycles. The van der Waals surface area contributed by atoms with Crippen LogP contribution in [0.25, 0.3) is 0 Å². The highest BCUT2D eigenvalue weighted by Crippen LogP contribution is 2.23. The summed E-state index contributed by atoms with van der Waals surface area (Å²) in [5, 5.41) is 3.01. The van der Waals surface area contributed by atoms with Gasteiger partial charge in [0.1, 0.15) is 5.75 Å². The van der Waals surface area contributed by atoms with Crippen molar-refractivity contribution in [3.05, 3.63) is 60.2 Å². The first-order valence-electron chi connectivity index (χ1n) is 10.9. The van der Waals surface area contributed by atoms with E-state index in [1.54, 1.807) is 24.3 Å². The molecule has 2 aromatic rings. The molecule has 0 saturated carbocycles. The summed E-state index contributed by atoms with van der Waals surface area (Å²) < 4.78 is 33.3. The summed E-state index contributed by atoms with van der Waals surface area (Å²) >= 11 is 0. The Hall–Kier alpha value is -2.38. The molecule has 0 radical (unpaired) electrons. The first kappa shape index (κ1) is 23.3. The van der Waals surface area contributed by atoms with Gasteiger partial charge in [-0.05, 0) is 55.0 Å². The molecule has 1 atom stereocenters. The average Bonchev–Trinajstić information content (AvgIpc) is 2.77. The van der Waals surface area contributed by atoms with Crippen molar-refractivity contribution in [2.45, 2.75) is 50.5 Å². The highest BCUT2D eigenvalue weighted by Gasteiger charge is 2.30. The van der Waals surface area contributed by atoms with Crippen molar-refractivity contribution < 1.29 is 17.9 Å². The highest BCUT2D eigenvalue weighted by atomic mass is 32.2. The Labute approximate surface area is 185 Å². The molecule has 1 fully saturated rings. The normalized spacial score (nSPS) is 17.5. The molecule has 6 nitrogen and oxygen atoms in total. The van der Waals surface area contributed by atoms with E-state index in [0.717, 1.165) is 18.4 Å². The number of sulfonamides is 1. The quantitative estimate of drug-likeness (QED) is 0.641. The van der Waals surface area contributed by atoms with Crippen LogP contribution in [-0.2, 0) is 21.2 Å². The van der Waals surface area contributed by atoms with Crippen LogP contribution < -0.4 is 10.1 Å². The predicted molar refractivity (Wildman–Crippen MR) is 121 cm³/mol. The molecule has 1 aliphatic heterocycles. The summed E-state index contributed by atoms with van der Waals surface area (Å²) in [5.74, 6) is 1.02. The topological polar surface area (TPSA) is 75.7 Å². The second-order valence-electron chi connectivity index (χ2n) is 8.43. The Balaban J connectivity index is 1.55. The fourth-order valence-corrected chi connectivity index (χ4v) is 5.12. The molecule has 1 heterocycles. The molecule has 168 valence electrons. The SMILES string of the molecule is CC(C)COc1ccc(S(=O)(=O)N2CCCC(NC(=O)CCc3ccccc3)C2)cc1. The first-order valence-corrected chi connectivity index (χ1v) is 12.3. The Morgan fingerprint density at radius 2 is 1.84 bits per heavy atom. The van der Waals surface area contributed by atoms with Crippen LogP contribution in [-0.4, -0.2) is 44.4 Å². The van der Waals surface area contributed by atoms with E-state index in [1.165, 1.54) is 4.31 Å². The van der Waals surface area contributed by atoms with Gasteiger partial charge in [0, 0.05) is 25.6 Å². The molecule has 1 unspecified atom stereocenters. The van der Waals surface area contributed by atoms with Crippen molar-refractivity contribution >= 4 is 15.9 Å². The number of nitrogens with zero attached hydrogens (tertiary/aromatic N) is 1. The number of rotatable bonds is 9. The van der Waals surface area contributed by atoms with Crippen molar-refractivity contribution in [2.24, 2.45) is 5.92 Å². The van der Waals surface area contributed by atoms with E-state index in [-0.39, 0.29) is 16.8 Å². The van der Waals surface area contributed by atoms with Crippen LogP contribution in [0.4, 0.5) is 0 Å². The van der Waals surface area contributed by atoms with Gasteiger partial charge in [-0.1, -0.05) is 44.2 Å². The van der Waals surface area contributed by atoms with Gasteiger partial charge in [0.25, 0.3) is 0 Å². The molecule has 0 spiro atoms. The lowest BCUT2D eigenvalue weighted by Gasteiger charge is -2.32. The monoisotopic (exact) mass is 444 g/mol. The number of aryl methyl sites for hydroxylation is 1. The second kappa shape index (κ2) is 10.8. The molecular formula is C24H32N2O4S. The Morgan fingerprint density at radius 3 is 2.52 bits per heavy atom. The molecule has 2 aromatic carbocycles. The van der Waals surface area contributed by atoms with Gasteiger partial charge in [0.15, 0.2) is 0 Å². The van der Waals surface area contributed by atoms with Gasteiger partial charge in [-0.25, -0.2) is 8.42 Å². The summed E-state index contributed by atoms with van der Waals surface area (Å²) in [5.41, 5.74) is 1.12. The zero-order chi connectivity index (χ0) is 22.3. The summed E-state index contributed by atoms with van der Waals surface area (Å²) in [4.78, 5) is 12.6. The maximum Gasteiger partial charge on any atom is 0.243 e. The first-order chi connectivity index (χ1) is 14.8. The lowest BCUT2D eigenvalue weighted by Crippen LogP contribution is -2.49. The van der Waals surface area contributed by atoms with Crippen LogP contribution in [0.3, 0.4) is 0 Å². The van der Waals surface area contributed by atoms with E-state index >= 15 is 0 Å². The maximum absolute atomic E-state index is 13.1. The van der Waals surface area contributed by atoms with Crippen LogP contribution in [0.5, 0.6) is 5.75 Å². The van der Waals surface area contributed by atoms with Gasteiger partial charge in [-0.3, -0.25) is 4.79 Å². The average molecular weight is 445 g/mol. The Kier molecular flexibility index (Phi) is 8.09. The van der Waals surface area contributed by atoms with Crippen LogP contribution in [0.2, 0.25) is 0 Å². The Morgan fingerprint density at radius 1 is 1.13 bits per heavy atom. The minimum Gasteiger partial charge on any atom is -0.493 e.